The molecule has 0 spiro atoms. The molecule has 3 heterocycles. The molecule has 0 amide bonds. The molecule has 1 aliphatic heterocycles. The Morgan fingerprint density at radius 2 is 2.33 bits per heavy atom. The van der Waals surface area contributed by atoms with Gasteiger partial charge in [0.15, 0.2) is 0 Å². The second kappa shape index (κ2) is 3.28. The third-order valence-electron chi connectivity index (χ3n) is 3.02. The Morgan fingerprint density at radius 3 is 3.13 bits per heavy atom. The van der Waals surface area contributed by atoms with E-state index in [-0.39, 0.29) is 0 Å². The molecule has 1 N–H and O–H groups in total. The molecule has 78 valence electrons. The van der Waals surface area contributed by atoms with Gasteiger partial charge in [-0.3, -0.25) is 0 Å². The number of nitrogens with zero attached hydrogens (tertiary/aromatic N) is 1. The van der Waals surface area contributed by atoms with E-state index in [1.165, 1.54) is 11.4 Å². The summed E-state index contributed by atoms with van der Waals surface area (Å²) in [6.45, 7) is 4.23. The molecule has 1 aliphatic rings. The molecular weight excluding hydrogens is 188 g/mol. The van der Waals surface area contributed by atoms with Crippen molar-refractivity contribution in [1.82, 2.24) is 9.88 Å². The lowest BCUT2D eigenvalue weighted by Gasteiger charge is -2.24. The van der Waals surface area contributed by atoms with Gasteiger partial charge in [0, 0.05) is 24.8 Å². The van der Waals surface area contributed by atoms with Crippen LogP contribution in [0.25, 0.3) is 11.5 Å². The van der Waals surface area contributed by atoms with Gasteiger partial charge in [0.05, 0.1) is 12.0 Å². The van der Waals surface area contributed by atoms with Gasteiger partial charge in [-0.05, 0) is 31.2 Å². The Bertz CT molecular complexity index is 456. The van der Waals surface area contributed by atoms with Crippen molar-refractivity contribution in [2.75, 3.05) is 6.54 Å². The number of rotatable bonds is 1. The third kappa shape index (κ3) is 1.31. The first-order valence-corrected chi connectivity index (χ1v) is 5.33. The Morgan fingerprint density at radius 1 is 1.40 bits per heavy atom. The first kappa shape index (κ1) is 8.80. The fourth-order valence-electron chi connectivity index (χ4n) is 2.25. The van der Waals surface area contributed by atoms with Crippen molar-refractivity contribution in [1.29, 1.82) is 0 Å². The normalized spacial score (nSPS) is 20.2. The molecule has 0 bridgehead atoms. The fraction of sp³-hybridized carbons (Fsp3) is 0.333. The van der Waals surface area contributed by atoms with Crippen molar-refractivity contribution in [3.05, 3.63) is 36.2 Å². The van der Waals surface area contributed by atoms with Crippen molar-refractivity contribution < 1.29 is 4.42 Å². The highest BCUT2D eigenvalue weighted by Gasteiger charge is 2.19. The van der Waals surface area contributed by atoms with Gasteiger partial charge in [0.1, 0.15) is 5.76 Å². The molecule has 1 unspecified atom stereocenters. The summed E-state index contributed by atoms with van der Waals surface area (Å²) in [6.07, 6.45) is 1.72. The molecule has 15 heavy (non-hydrogen) atoms. The molecule has 3 rings (SSSR count). The van der Waals surface area contributed by atoms with E-state index >= 15 is 0 Å². The summed E-state index contributed by atoms with van der Waals surface area (Å²) in [7, 11) is 0. The topological polar surface area (TPSA) is 30.1 Å². The average Bonchev–Trinajstić information content (AvgIpc) is 2.85. The van der Waals surface area contributed by atoms with Crippen LogP contribution in [0.3, 0.4) is 0 Å². The summed E-state index contributed by atoms with van der Waals surface area (Å²) < 4.78 is 7.77. The van der Waals surface area contributed by atoms with Crippen LogP contribution in [0.15, 0.2) is 34.9 Å². The number of fused-ring (bicyclic) bond motifs is 1. The van der Waals surface area contributed by atoms with Crippen LogP contribution in [0.4, 0.5) is 0 Å². The van der Waals surface area contributed by atoms with Crippen LogP contribution < -0.4 is 5.32 Å². The van der Waals surface area contributed by atoms with E-state index < -0.39 is 0 Å². The smallest absolute Gasteiger partial charge is 0.150 e. The van der Waals surface area contributed by atoms with Crippen LogP contribution in [-0.2, 0) is 6.54 Å². The number of furan rings is 1. The quantitative estimate of drug-likeness (QED) is 0.769. The van der Waals surface area contributed by atoms with Crippen molar-refractivity contribution in [2.45, 2.75) is 19.5 Å². The minimum atomic E-state index is 0.433. The second-order valence-corrected chi connectivity index (χ2v) is 3.95. The maximum absolute atomic E-state index is 5.44. The third-order valence-corrected chi connectivity index (χ3v) is 3.02. The Balaban J connectivity index is 2.11. The first-order chi connectivity index (χ1) is 7.36. The molecule has 3 heteroatoms. The maximum atomic E-state index is 5.44. The van der Waals surface area contributed by atoms with E-state index in [0.29, 0.717) is 6.04 Å². The standard InChI is InChI=1S/C12H14N2O/c1-9-10-4-5-11(12-3-2-8-15-12)14(10)7-6-13-9/h2-5,8-9,13H,6-7H2,1H3. The van der Waals surface area contributed by atoms with Crippen LogP contribution in [0.1, 0.15) is 18.7 Å². The number of aromatic nitrogens is 1. The zero-order valence-electron chi connectivity index (χ0n) is 8.73. The SMILES string of the molecule is CC1NCCn2c(-c3ccco3)ccc21. The van der Waals surface area contributed by atoms with Crippen molar-refractivity contribution in [2.24, 2.45) is 0 Å². The largest absolute Gasteiger partial charge is 0.463 e. The lowest BCUT2D eigenvalue weighted by Crippen LogP contribution is -2.31. The van der Waals surface area contributed by atoms with E-state index in [2.05, 4.69) is 28.9 Å². The van der Waals surface area contributed by atoms with Crippen molar-refractivity contribution in [3.63, 3.8) is 0 Å². The predicted octanol–water partition coefficient (Wildman–Crippen LogP) is 2.41. The molecule has 0 radical (unpaired) electrons. The van der Waals surface area contributed by atoms with Gasteiger partial charge in [-0.15, -0.1) is 0 Å². The zero-order valence-corrected chi connectivity index (χ0v) is 8.73. The Labute approximate surface area is 88.7 Å². The highest BCUT2D eigenvalue weighted by molar-refractivity contribution is 5.54. The van der Waals surface area contributed by atoms with Gasteiger partial charge in [-0.1, -0.05) is 0 Å². The summed E-state index contributed by atoms with van der Waals surface area (Å²) in [5.41, 5.74) is 2.52. The average molecular weight is 202 g/mol. The lowest BCUT2D eigenvalue weighted by molar-refractivity contribution is 0.447. The van der Waals surface area contributed by atoms with Crippen molar-refractivity contribution >= 4 is 0 Å². The second-order valence-electron chi connectivity index (χ2n) is 3.95. The molecule has 3 nitrogen and oxygen atoms in total. The summed E-state index contributed by atoms with van der Waals surface area (Å²) in [5, 5.41) is 3.45. The number of hydrogen-bond acceptors (Lipinski definition) is 2. The molecule has 2 aromatic rings. The fourth-order valence-corrected chi connectivity index (χ4v) is 2.25. The molecule has 0 saturated carbocycles. The zero-order chi connectivity index (χ0) is 10.3. The van der Waals surface area contributed by atoms with E-state index in [0.717, 1.165) is 18.8 Å². The number of nitrogens with one attached hydrogen (secondary N) is 1. The molecular formula is C12H14N2O. The van der Waals surface area contributed by atoms with Gasteiger partial charge >= 0.3 is 0 Å². The summed E-state index contributed by atoms with van der Waals surface area (Å²) >= 11 is 0. The predicted molar refractivity (Wildman–Crippen MR) is 58.6 cm³/mol. The summed E-state index contributed by atoms with van der Waals surface area (Å²) in [5.74, 6) is 0.954. The molecule has 2 aromatic heterocycles. The Kier molecular flexibility index (Phi) is 1.92. The molecule has 1 atom stereocenters. The molecule has 0 fully saturated rings. The molecule has 0 aromatic carbocycles. The highest BCUT2D eigenvalue weighted by atomic mass is 16.3. The summed E-state index contributed by atoms with van der Waals surface area (Å²) in [6, 6.07) is 8.68. The van der Waals surface area contributed by atoms with Crippen LogP contribution in [0.2, 0.25) is 0 Å². The van der Waals surface area contributed by atoms with Gasteiger partial charge in [-0.2, -0.15) is 0 Å². The Hall–Kier alpha value is -1.48. The highest BCUT2D eigenvalue weighted by Crippen LogP contribution is 2.27. The maximum Gasteiger partial charge on any atom is 0.150 e. The van der Waals surface area contributed by atoms with Gasteiger partial charge < -0.3 is 14.3 Å². The summed E-state index contributed by atoms with van der Waals surface area (Å²) in [4.78, 5) is 0. The van der Waals surface area contributed by atoms with Crippen LogP contribution in [0, 0.1) is 0 Å². The van der Waals surface area contributed by atoms with Crippen LogP contribution in [0.5, 0.6) is 0 Å². The number of hydrogen-bond donors (Lipinski definition) is 1. The minimum Gasteiger partial charge on any atom is -0.463 e. The first-order valence-electron chi connectivity index (χ1n) is 5.33. The monoisotopic (exact) mass is 202 g/mol. The van der Waals surface area contributed by atoms with Gasteiger partial charge in [0.2, 0.25) is 0 Å². The van der Waals surface area contributed by atoms with Gasteiger partial charge in [-0.25, -0.2) is 0 Å². The van der Waals surface area contributed by atoms with Crippen LogP contribution in [-0.4, -0.2) is 11.1 Å². The minimum absolute atomic E-state index is 0.433. The van der Waals surface area contributed by atoms with E-state index in [9.17, 15) is 0 Å². The van der Waals surface area contributed by atoms with E-state index in [4.69, 9.17) is 4.42 Å². The molecule has 0 saturated heterocycles. The van der Waals surface area contributed by atoms with E-state index in [1.54, 1.807) is 6.26 Å². The molecule has 0 aliphatic carbocycles. The van der Waals surface area contributed by atoms with Gasteiger partial charge in [0.25, 0.3) is 0 Å². The lowest BCUT2D eigenvalue weighted by atomic mass is 10.2. The van der Waals surface area contributed by atoms with Crippen LogP contribution >= 0.6 is 0 Å². The van der Waals surface area contributed by atoms with Crippen molar-refractivity contribution in [3.8, 4) is 11.5 Å². The van der Waals surface area contributed by atoms with E-state index in [1.807, 2.05) is 12.1 Å².